The Labute approximate surface area is 86.4 Å². The summed E-state index contributed by atoms with van der Waals surface area (Å²) in [5, 5.41) is 0.947. The second-order valence-corrected chi connectivity index (χ2v) is 3.39. The second-order valence-electron chi connectivity index (χ2n) is 2.91. The molecule has 0 aliphatic heterocycles. The number of nitrogens with two attached hydrogens (primary N) is 1. The SMILES string of the molecule is NC(=O)c1ccc2cccc(S)c2n1. The van der Waals surface area contributed by atoms with E-state index in [0.717, 1.165) is 10.3 Å². The van der Waals surface area contributed by atoms with Crippen LogP contribution in [-0.2, 0) is 0 Å². The van der Waals surface area contributed by atoms with Crippen LogP contribution >= 0.6 is 12.6 Å². The Morgan fingerprint density at radius 1 is 1.29 bits per heavy atom. The number of hydrogen-bond donors (Lipinski definition) is 2. The zero-order chi connectivity index (χ0) is 10.1. The van der Waals surface area contributed by atoms with Crippen LogP contribution in [0.25, 0.3) is 10.9 Å². The number of aromatic nitrogens is 1. The van der Waals surface area contributed by atoms with Crippen molar-refractivity contribution in [2.75, 3.05) is 0 Å². The zero-order valence-corrected chi connectivity index (χ0v) is 8.16. The van der Waals surface area contributed by atoms with Crippen LogP contribution in [0.2, 0.25) is 0 Å². The maximum atomic E-state index is 10.9. The average molecular weight is 204 g/mol. The summed E-state index contributed by atoms with van der Waals surface area (Å²) in [6.45, 7) is 0. The van der Waals surface area contributed by atoms with Gasteiger partial charge in [-0.2, -0.15) is 0 Å². The van der Waals surface area contributed by atoms with Crippen molar-refractivity contribution < 1.29 is 4.79 Å². The fraction of sp³-hybridized carbons (Fsp3) is 0. The van der Waals surface area contributed by atoms with Crippen molar-refractivity contribution >= 4 is 29.4 Å². The van der Waals surface area contributed by atoms with Gasteiger partial charge in [-0.25, -0.2) is 4.98 Å². The Hall–Kier alpha value is -1.55. The van der Waals surface area contributed by atoms with E-state index in [4.69, 9.17) is 5.73 Å². The van der Waals surface area contributed by atoms with Crippen molar-refractivity contribution in [3.05, 3.63) is 36.0 Å². The first-order valence-electron chi connectivity index (χ1n) is 4.07. The van der Waals surface area contributed by atoms with Crippen LogP contribution in [-0.4, -0.2) is 10.9 Å². The van der Waals surface area contributed by atoms with Gasteiger partial charge in [0.1, 0.15) is 5.69 Å². The number of thiol groups is 1. The third-order valence-corrected chi connectivity index (χ3v) is 2.31. The zero-order valence-electron chi connectivity index (χ0n) is 7.27. The van der Waals surface area contributed by atoms with Crippen molar-refractivity contribution in [3.63, 3.8) is 0 Å². The summed E-state index contributed by atoms with van der Waals surface area (Å²) in [6, 6.07) is 9.03. The van der Waals surface area contributed by atoms with Gasteiger partial charge in [0.25, 0.3) is 5.91 Å². The highest BCUT2D eigenvalue weighted by molar-refractivity contribution is 7.80. The number of carbonyl (C=O) groups is 1. The number of nitrogens with zero attached hydrogens (tertiary/aromatic N) is 1. The highest BCUT2D eigenvalue weighted by Gasteiger charge is 2.04. The van der Waals surface area contributed by atoms with Gasteiger partial charge in [0.2, 0.25) is 0 Å². The normalized spacial score (nSPS) is 10.4. The first-order valence-corrected chi connectivity index (χ1v) is 4.52. The molecule has 70 valence electrons. The molecule has 0 unspecified atom stereocenters. The summed E-state index contributed by atoms with van der Waals surface area (Å²) in [7, 11) is 0. The molecule has 0 saturated carbocycles. The maximum absolute atomic E-state index is 10.9. The van der Waals surface area contributed by atoms with Crippen LogP contribution in [0, 0.1) is 0 Å². The predicted molar refractivity (Wildman–Crippen MR) is 57.5 cm³/mol. The largest absolute Gasteiger partial charge is 0.364 e. The Morgan fingerprint density at radius 2 is 2.07 bits per heavy atom. The van der Waals surface area contributed by atoms with Crippen molar-refractivity contribution in [3.8, 4) is 0 Å². The number of hydrogen-bond acceptors (Lipinski definition) is 3. The summed E-state index contributed by atoms with van der Waals surface area (Å²) in [6.07, 6.45) is 0. The summed E-state index contributed by atoms with van der Waals surface area (Å²) in [4.78, 5) is 15.8. The molecule has 2 rings (SSSR count). The maximum Gasteiger partial charge on any atom is 0.267 e. The number of primary amides is 1. The lowest BCUT2D eigenvalue weighted by atomic mass is 10.2. The molecule has 14 heavy (non-hydrogen) atoms. The molecule has 1 aromatic carbocycles. The molecule has 0 fully saturated rings. The highest BCUT2D eigenvalue weighted by atomic mass is 32.1. The monoisotopic (exact) mass is 204 g/mol. The molecule has 1 aromatic heterocycles. The highest BCUT2D eigenvalue weighted by Crippen LogP contribution is 2.19. The van der Waals surface area contributed by atoms with E-state index in [1.165, 1.54) is 0 Å². The van der Waals surface area contributed by atoms with Gasteiger partial charge in [-0.3, -0.25) is 4.79 Å². The van der Waals surface area contributed by atoms with Gasteiger partial charge in [0.15, 0.2) is 0 Å². The lowest BCUT2D eigenvalue weighted by Crippen LogP contribution is -2.12. The van der Waals surface area contributed by atoms with E-state index in [2.05, 4.69) is 17.6 Å². The number of benzene rings is 1. The number of para-hydroxylation sites is 1. The van der Waals surface area contributed by atoms with Gasteiger partial charge in [-0.15, -0.1) is 12.6 Å². The van der Waals surface area contributed by atoms with Crippen LogP contribution in [0.15, 0.2) is 35.2 Å². The van der Waals surface area contributed by atoms with Crippen LogP contribution < -0.4 is 5.73 Å². The average Bonchev–Trinajstić information content (AvgIpc) is 2.18. The van der Waals surface area contributed by atoms with E-state index in [-0.39, 0.29) is 5.69 Å². The standard InChI is InChI=1S/C10H8N2OS/c11-10(13)7-5-4-6-2-1-3-8(14)9(6)12-7/h1-5,14H,(H2,11,13). The van der Waals surface area contributed by atoms with Crippen molar-refractivity contribution in [2.45, 2.75) is 4.90 Å². The van der Waals surface area contributed by atoms with E-state index in [9.17, 15) is 4.79 Å². The predicted octanol–water partition coefficient (Wildman–Crippen LogP) is 1.62. The molecular formula is C10H8N2OS. The molecule has 1 heterocycles. The van der Waals surface area contributed by atoms with E-state index in [1.807, 2.05) is 24.3 Å². The Balaban J connectivity index is 2.76. The summed E-state index contributed by atoms with van der Waals surface area (Å²) in [5.74, 6) is -0.525. The van der Waals surface area contributed by atoms with Gasteiger partial charge in [0.05, 0.1) is 5.52 Å². The molecule has 0 bridgehead atoms. The fourth-order valence-corrected chi connectivity index (χ4v) is 1.53. The number of fused-ring (bicyclic) bond motifs is 1. The molecule has 0 saturated heterocycles. The molecule has 2 aromatic rings. The van der Waals surface area contributed by atoms with E-state index in [1.54, 1.807) is 6.07 Å². The molecular weight excluding hydrogens is 196 g/mol. The molecule has 4 heteroatoms. The van der Waals surface area contributed by atoms with Gasteiger partial charge >= 0.3 is 0 Å². The van der Waals surface area contributed by atoms with Gasteiger partial charge in [-0.1, -0.05) is 18.2 Å². The Kier molecular flexibility index (Phi) is 2.13. The summed E-state index contributed by atoms with van der Waals surface area (Å²) < 4.78 is 0. The summed E-state index contributed by atoms with van der Waals surface area (Å²) in [5.41, 5.74) is 6.09. The quantitative estimate of drug-likeness (QED) is 0.693. The number of pyridine rings is 1. The number of rotatable bonds is 1. The Bertz CT molecular complexity index is 510. The second kappa shape index (κ2) is 3.31. The van der Waals surface area contributed by atoms with E-state index in [0.29, 0.717) is 5.52 Å². The van der Waals surface area contributed by atoms with E-state index < -0.39 is 5.91 Å². The molecule has 0 radical (unpaired) electrons. The molecule has 1 amide bonds. The Morgan fingerprint density at radius 3 is 2.79 bits per heavy atom. The van der Waals surface area contributed by atoms with Gasteiger partial charge in [-0.05, 0) is 12.1 Å². The van der Waals surface area contributed by atoms with Crippen molar-refractivity contribution in [2.24, 2.45) is 5.73 Å². The number of carbonyl (C=O) groups excluding carboxylic acids is 1. The molecule has 0 aliphatic rings. The fourth-order valence-electron chi connectivity index (χ4n) is 1.27. The molecule has 2 N–H and O–H groups in total. The lowest BCUT2D eigenvalue weighted by molar-refractivity contribution is 0.0996. The first-order chi connectivity index (χ1) is 6.68. The topological polar surface area (TPSA) is 56.0 Å². The third kappa shape index (κ3) is 1.44. The smallest absolute Gasteiger partial charge is 0.267 e. The minimum atomic E-state index is -0.525. The van der Waals surface area contributed by atoms with Crippen molar-refractivity contribution in [1.29, 1.82) is 0 Å². The van der Waals surface area contributed by atoms with Gasteiger partial charge in [0, 0.05) is 10.3 Å². The minimum absolute atomic E-state index is 0.263. The first kappa shape index (κ1) is 9.02. The molecule has 0 aliphatic carbocycles. The van der Waals surface area contributed by atoms with Crippen LogP contribution in [0.5, 0.6) is 0 Å². The molecule has 3 nitrogen and oxygen atoms in total. The molecule has 0 atom stereocenters. The van der Waals surface area contributed by atoms with Crippen LogP contribution in [0.4, 0.5) is 0 Å². The number of amides is 1. The lowest BCUT2D eigenvalue weighted by Gasteiger charge is -2.01. The van der Waals surface area contributed by atoms with Crippen LogP contribution in [0.3, 0.4) is 0 Å². The van der Waals surface area contributed by atoms with Crippen molar-refractivity contribution in [1.82, 2.24) is 4.98 Å². The third-order valence-electron chi connectivity index (χ3n) is 1.95. The van der Waals surface area contributed by atoms with E-state index >= 15 is 0 Å². The minimum Gasteiger partial charge on any atom is -0.364 e. The molecule has 0 spiro atoms. The summed E-state index contributed by atoms with van der Waals surface area (Å²) >= 11 is 4.25. The van der Waals surface area contributed by atoms with Crippen LogP contribution in [0.1, 0.15) is 10.5 Å². The van der Waals surface area contributed by atoms with Gasteiger partial charge < -0.3 is 5.73 Å².